The van der Waals surface area contributed by atoms with Gasteiger partial charge in [-0.25, -0.2) is 9.48 Å². The van der Waals surface area contributed by atoms with E-state index in [-0.39, 0.29) is 36.2 Å². The van der Waals surface area contributed by atoms with Crippen LogP contribution in [0.1, 0.15) is 17.4 Å². The van der Waals surface area contributed by atoms with Crippen molar-refractivity contribution in [2.45, 2.75) is 6.92 Å². The molecular weight excluding hydrogens is 446 g/mol. The lowest BCUT2D eigenvalue weighted by Crippen LogP contribution is -2.44. The molecule has 12 nitrogen and oxygen atoms in total. The number of non-ortho nitro benzene ring substituents is 1. The highest BCUT2D eigenvalue weighted by Crippen LogP contribution is 2.29. The monoisotopic (exact) mass is 465 g/mol. The number of para-hydroxylation sites is 2. The fourth-order valence-corrected chi connectivity index (χ4v) is 3.34. The van der Waals surface area contributed by atoms with Crippen LogP contribution in [0.4, 0.5) is 17.1 Å². The second kappa shape index (κ2) is 9.40. The number of benzene rings is 2. The maximum atomic E-state index is 12.9. The molecule has 1 aliphatic rings. The van der Waals surface area contributed by atoms with Crippen molar-refractivity contribution in [1.82, 2.24) is 9.78 Å². The lowest BCUT2D eigenvalue weighted by molar-refractivity contribution is -0.384. The standard InChI is InChI=1S/C22H19N5O7/c1-2-33-22(30)21-18(11-26(24-21)14-7-9-15(10-8-14)27(31)32)34-13-20(29)25-12-19(28)23-16-5-3-4-6-17(16)25/h3-11H,2,12-13H2,1H3,(H,23,28). The Morgan fingerprint density at radius 3 is 2.62 bits per heavy atom. The smallest absolute Gasteiger partial charge is 0.362 e. The number of nitro groups is 1. The van der Waals surface area contributed by atoms with E-state index in [2.05, 4.69) is 10.4 Å². The molecule has 3 aromatic rings. The Morgan fingerprint density at radius 2 is 1.91 bits per heavy atom. The quantitative estimate of drug-likeness (QED) is 0.318. The first kappa shape index (κ1) is 22.5. The van der Waals surface area contributed by atoms with Crippen molar-refractivity contribution >= 4 is 34.8 Å². The predicted molar refractivity (Wildman–Crippen MR) is 119 cm³/mol. The second-order valence-corrected chi connectivity index (χ2v) is 7.11. The van der Waals surface area contributed by atoms with Gasteiger partial charge in [-0.3, -0.25) is 24.6 Å². The average Bonchev–Trinajstić information content (AvgIpc) is 3.26. The van der Waals surface area contributed by atoms with Crippen LogP contribution in [0.15, 0.2) is 54.7 Å². The topological polar surface area (TPSA) is 146 Å². The van der Waals surface area contributed by atoms with E-state index in [4.69, 9.17) is 9.47 Å². The zero-order valence-corrected chi connectivity index (χ0v) is 18.0. The summed E-state index contributed by atoms with van der Waals surface area (Å²) in [6.07, 6.45) is 1.37. The van der Waals surface area contributed by atoms with E-state index in [0.29, 0.717) is 17.1 Å². The van der Waals surface area contributed by atoms with Crippen LogP contribution < -0.4 is 15.0 Å². The third-order valence-electron chi connectivity index (χ3n) is 4.90. The van der Waals surface area contributed by atoms with Crippen molar-refractivity contribution in [1.29, 1.82) is 0 Å². The minimum Gasteiger partial charge on any atom is -0.479 e. The number of aromatic nitrogens is 2. The normalized spacial score (nSPS) is 12.5. The number of nitrogens with one attached hydrogen (secondary N) is 1. The first-order valence-electron chi connectivity index (χ1n) is 10.2. The van der Waals surface area contributed by atoms with Gasteiger partial charge in [0.05, 0.1) is 34.8 Å². The average molecular weight is 465 g/mol. The van der Waals surface area contributed by atoms with Gasteiger partial charge in [0, 0.05) is 12.1 Å². The highest BCUT2D eigenvalue weighted by Gasteiger charge is 2.28. The van der Waals surface area contributed by atoms with Crippen molar-refractivity contribution in [2.75, 3.05) is 30.0 Å². The Labute approximate surface area is 192 Å². The second-order valence-electron chi connectivity index (χ2n) is 7.11. The molecule has 0 unspecified atom stereocenters. The Balaban J connectivity index is 1.57. The third-order valence-corrected chi connectivity index (χ3v) is 4.90. The largest absolute Gasteiger partial charge is 0.479 e. The number of rotatable bonds is 7. The van der Waals surface area contributed by atoms with Crippen LogP contribution in [0.3, 0.4) is 0 Å². The SMILES string of the molecule is CCOC(=O)c1nn(-c2ccc([N+](=O)[O-])cc2)cc1OCC(=O)N1CC(=O)Nc2ccccc21. The number of amides is 2. The van der Waals surface area contributed by atoms with Crippen molar-refractivity contribution in [3.05, 3.63) is 70.5 Å². The highest BCUT2D eigenvalue weighted by molar-refractivity contribution is 6.10. The molecule has 0 aliphatic carbocycles. The third kappa shape index (κ3) is 4.55. The summed E-state index contributed by atoms with van der Waals surface area (Å²) in [5.41, 5.74) is 1.20. The van der Waals surface area contributed by atoms with Crippen LogP contribution in [0.25, 0.3) is 5.69 Å². The van der Waals surface area contributed by atoms with Gasteiger partial charge in [0.25, 0.3) is 11.6 Å². The predicted octanol–water partition coefficient (Wildman–Crippen LogP) is 2.32. The van der Waals surface area contributed by atoms with Crippen molar-refractivity contribution in [3.63, 3.8) is 0 Å². The molecule has 34 heavy (non-hydrogen) atoms. The minimum atomic E-state index is -0.756. The molecule has 0 fully saturated rings. The number of hydrogen-bond acceptors (Lipinski definition) is 8. The summed E-state index contributed by atoms with van der Waals surface area (Å²) in [5, 5.41) is 17.8. The van der Waals surface area contributed by atoms with Crippen LogP contribution in [0.2, 0.25) is 0 Å². The Kier molecular flexibility index (Phi) is 6.21. The van der Waals surface area contributed by atoms with Crippen molar-refractivity contribution in [2.24, 2.45) is 0 Å². The number of nitrogens with zero attached hydrogens (tertiary/aromatic N) is 4. The van der Waals surface area contributed by atoms with Gasteiger partial charge in [0.2, 0.25) is 11.6 Å². The fourth-order valence-electron chi connectivity index (χ4n) is 3.34. The summed E-state index contributed by atoms with van der Waals surface area (Å²) < 4.78 is 11.9. The van der Waals surface area contributed by atoms with E-state index < -0.39 is 23.4 Å². The molecule has 2 amide bonds. The number of anilines is 2. The van der Waals surface area contributed by atoms with Crippen LogP contribution in [-0.4, -0.2) is 52.2 Å². The molecule has 12 heteroatoms. The molecule has 0 atom stereocenters. The molecule has 0 saturated heterocycles. The summed E-state index contributed by atoms with van der Waals surface area (Å²) in [6, 6.07) is 12.4. The van der Waals surface area contributed by atoms with E-state index in [0.717, 1.165) is 0 Å². The lowest BCUT2D eigenvalue weighted by atomic mass is 10.2. The molecule has 1 aromatic heterocycles. The fraction of sp³-hybridized carbons (Fsp3) is 0.182. The van der Waals surface area contributed by atoms with Gasteiger partial charge in [-0.15, -0.1) is 0 Å². The first-order chi connectivity index (χ1) is 16.4. The van der Waals surface area contributed by atoms with E-state index in [1.807, 2.05) is 0 Å². The molecule has 1 aliphatic heterocycles. The number of hydrogen-bond donors (Lipinski definition) is 1. The number of carbonyl (C=O) groups is 3. The van der Waals surface area contributed by atoms with Crippen LogP contribution in [0.5, 0.6) is 5.75 Å². The maximum absolute atomic E-state index is 12.9. The van der Waals surface area contributed by atoms with Crippen LogP contribution in [-0.2, 0) is 14.3 Å². The maximum Gasteiger partial charge on any atom is 0.362 e. The minimum absolute atomic E-state index is 0.0140. The lowest BCUT2D eigenvalue weighted by Gasteiger charge is -2.28. The molecular formula is C22H19N5O7. The highest BCUT2D eigenvalue weighted by atomic mass is 16.6. The van der Waals surface area contributed by atoms with Crippen molar-refractivity contribution in [3.8, 4) is 11.4 Å². The van der Waals surface area contributed by atoms with Crippen LogP contribution >= 0.6 is 0 Å². The number of carbonyl (C=O) groups excluding carboxylic acids is 3. The van der Waals surface area contributed by atoms with Gasteiger partial charge in [0.1, 0.15) is 6.54 Å². The van der Waals surface area contributed by atoms with Gasteiger partial charge in [-0.05, 0) is 31.2 Å². The number of esters is 1. The molecule has 1 N–H and O–H groups in total. The summed E-state index contributed by atoms with van der Waals surface area (Å²) in [4.78, 5) is 48.9. The van der Waals surface area contributed by atoms with E-state index >= 15 is 0 Å². The number of ether oxygens (including phenoxy) is 2. The van der Waals surface area contributed by atoms with Gasteiger partial charge in [-0.1, -0.05) is 12.1 Å². The molecule has 0 radical (unpaired) electrons. The molecule has 0 spiro atoms. The molecule has 4 rings (SSSR count). The van der Waals surface area contributed by atoms with E-state index in [9.17, 15) is 24.5 Å². The number of fused-ring (bicyclic) bond motifs is 1. The van der Waals surface area contributed by atoms with Crippen molar-refractivity contribution < 1.29 is 28.8 Å². The first-order valence-corrected chi connectivity index (χ1v) is 10.2. The number of nitro benzene ring substituents is 1. The zero-order valence-electron chi connectivity index (χ0n) is 18.0. The summed E-state index contributed by atoms with van der Waals surface area (Å²) in [7, 11) is 0. The summed E-state index contributed by atoms with van der Waals surface area (Å²) in [5.74, 6) is -1.61. The van der Waals surface area contributed by atoms with E-state index in [1.54, 1.807) is 31.2 Å². The van der Waals surface area contributed by atoms with Gasteiger partial charge >= 0.3 is 5.97 Å². The van der Waals surface area contributed by atoms with Gasteiger partial charge in [0.15, 0.2) is 12.4 Å². The van der Waals surface area contributed by atoms with Gasteiger partial charge < -0.3 is 14.8 Å². The molecule has 2 heterocycles. The zero-order chi connectivity index (χ0) is 24.2. The van der Waals surface area contributed by atoms with Gasteiger partial charge in [-0.2, -0.15) is 5.10 Å². The molecule has 0 saturated carbocycles. The Morgan fingerprint density at radius 1 is 1.18 bits per heavy atom. The van der Waals surface area contributed by atoms with Crippen LogP contribution in [0, 0.1) is 10.1 Å². The van der Waals surface area contributed by atoms with E-state index in [1.165, 1.54) is 40.0 Å². The molecule has 2 aromatic carbocycles. The summed E-state index contributed by atoms with van der Waals surface area (Å²) >= 11 is 0. The molecule has 174 valence electrons. The summed E-state index contributed by atoms with van der Waals surface area (Å²) in [6.45, 7) is 1.08. The Hall–Kier alpha value is -4.74. The molecule has 0 bridgehead atoms. The Bertz CT molecular complexity index is 1270.